The molecule has 3 nitrogen and oxygen atoms in total. The Kier molecular flexibility index (Phi) is 3.57. The molecule has 1 aliphatic rings. The maximum atomic E-state index is 12.3. The van der Waals surface area contributed by atoms with Crippen molar-refractivity contribution in [1.29, 1.82) is 0 Å². The van der Waals surface area contributed by atoms with E-state index in [0.29, 0.717) is 0 Å². The van der Waals surface area contributed by atoms with Gasteiger partial charge in [0.2, 0.25) is 0 Å². The second kappa shape index (κ2) is 4.96. The van der Waals surface area contributed by atoms with Crippen LogP contribution in [0.25, 0.3) is 0 Å². The molecule has 1 aromatic rings. The Morgan fingerprint density at radius 3 is 3.00 bits per heavy atom. The summed E-state index contributed by atoms with van der Waals surface area (Å²) in [4.78, 5) is 16.7. The molecular weight excluding hydrogens is 212 g/mol. The smallest absolute Gasteiger partial charge is 0.158 e. The molecule has 0 saturated heterocycles. The summed E-state index contributed by atoms with van der Waals surface area (Å²) in [5.74, 6) is 0.258. The van der Waals surface area contributed by atoms with Gasteiger partial charge in [0.1, 0.15) is 0 Å². The number of rotatable bonds is 3. The summed E-state index contributed by atoms with van der Waals surface area (Å²) >= 11 is 0. The van der Waals surface area contributed by atoms with Crippen molar-refractivity contribution in [1.82, 2.24) is 4.98 Å². The summed E-state index contributed by atoms with van der Waals surface area (Å²) in [5.41, 5.74) is 8.14. The minimum absolute atomic E-state index is 0.0858. The second-order valence-corrected chi connectivity index (χ2v) is 5.16. The maximum absolute atomic E-state index is 12.3. The van der Waals surface area contributed by atoms with Crippen molar-refractivity contribution in [2.24, 2.45) is 11.7 Å². The fraction of sp³-hybridized carbons (Fsp3) is 0.571. The molecule has 2 unspecified atom stereocenters. The molecule has 1 aromatic heterocycles. The number of Topliss-reactive ketones (excluding diaryl/α,β-unsaturated/α-hetero) is 1. The second-order valence-electron chi connectivity index (χ2n) is 5.16. The van der Waals surface area contributed by atoms with E-state index >= 15 is 0 Å². The maximum Gasteiger partial charge on any atom is 0.158 e. The van der Waals surface area contributed by atoms with E-state index in [1.807, 2.05) is 19.9 Å². The van der Waals surface area contributed by atoms with Crippen LogP contribution in [-0.4, -0.2) is 16.8 Å². The van der Waals surface area contributed by atoms with Gasteiger partial charge in [-0.1, -0.05) is 19.9 Å². The van der Waals surface area contributed by atoms with Gasteiger partial charge in [0.25, 0.3) is 0 Å². The lowest BCUT2D eigenvalue weighted by atomic mass is 9.80. The number of nitrogens with two attached hydrogens (primary N) is 1. The minimum Gasteiger partial charge on any atom is -0.321 e. The zero-order chi connectivity index (χ0) is 12.4. The quantitative estimate of drug-likeness (QED) is 0.867. The van der Waals surface area contributed by atoms with Crippen LogP contribution in [0.5, 0.6) is 0 Å². The van der Waals surface area contributed by atoms with E-state index in [0.717, 1.165) is 25.0 Å². The molecule has 0 spiro atoms. The van der Waals surface area contributed by atoms with Crippen LogP contribution in [0.1, 0.15) is 43.9 Å². The molecule has 0 aromatic carbocycles. The van der Waals surface area contributed by atoms with Crippen LogP contribution in [0, 0.1) is 5.92 Å². The van der Waals surface area contributed by atoms with Crippen molar-refractivity contribution >= 4 is 5.78 Å². The predicted octanol–water partition coefficient (Wildman–Crippen LogP) is 2.05. The summed E-state index contributed by atoms with van der Waals surface area (Å²) in [5, 5.41) is 0. The largest absolute Gasteiger partial charge is 0.321 e. The van der Waals surface area contributed by atoms with Gasteiger partial charge in [-0.2, -0.15) is 0 Å². The van der Waals surface area contributed by atoms with Crippen LogP contribution in [-0.2, 0) is 11.2 Å². The van der Waals surface area contributed by atoms with E-state index in [1.165, 1.54) is 5.56 Å². The molecule has 1 heterocycles. The molecular formula is C14H20N2O. The summed E-state index contributed by atoms with van der Waals surface area (Å²) in [7, 11) is 0. The van der Waals surface area contributed by atoms with Gasteiger partial charge in [-0.15, -0.1) is 0 Å². The molecule has 2 rings (SSSR count). The Labute approximate surface area is 102 Å². The van der Waals surface area contributed by atoms with E-state index < -0.39 is 0 Å². The molecule has 0 amide bonds. The number of hydrogen-bond donors (Lipinski definition) is 1. The van der Waals surface area contributed by atoms with Crippen molar-refractivity contribution in [3.05, 3.63) is 29.6 Å². The lowest BCUT2D eigenvalue weighted by Gasteiger charge is -2.26. The van der Waals surface area contributed by atoms with Crippen LogP contribution in [0.2, 0.25) is 0 Å². The molecule has 92 valence electrons. The van der Waals surface area contributed by atoms with Crippen LogP contribution in [0.4, 0.5) is 0 Å². The van der Waals surface area contributed by atoms with Crippen molar-refractivity contribution in [2.45, 2.75) is 45.1 Å². The molecule has 1 aliphatic carbocycles. The first kappa shape index (κ1) is 12.2. The van der Waals surface area contributed by atoms with Gasteiger partial charge in [0.15, 0.2) is 5.78 Å². The molecule has 2 atom stereocenters. The molecule has 2 N–H and O–H groups in total. The molecule has 0 radical (unpaired) electrons. The Bertz CT molecular complexity index is 414. The van der Waals surface area contributed by atoms with Gasteiger partial charge >= 0.3 is 0 Å². The van der Waals surface area contributed by atoms with Crippen molar-refractivity contribution in [2.75, 3.05) is 0 Å². The highest BCUT2D eigenvalue weighted by Crippen LogP contribution is 2.31. The van der Waals surface area contributed by atoms with Gasteiger partial charge in [0, 0.05) is 6.20 Å². The molecule has 17 heavy (non-hydrogen) atoms. The molecule has 3 heteroatoms. The van der Waals surface area contributed by atoms with Crippen molar-refractivity contribution in [3.63, 3.8) is 0 Å². The zero-order valence-corrected chi connectivity index (χ0v) is 10.5. The zero-order valence-electron chi connectivity index (χ0n) is 10.5. The molecule has 0 bridgehead atoms. The SMILES string of the molecule is CC(C)C(N)C(=O)C1CCCc2cccnc21. The van der Waals surface area contributed by atoms with Gasteiger partial charge < -0.3 is 5.73 Å². The van der Waals surface area contributed by atoms with Crippen LogP contribution in [0.15, 0.2) is 18.3 Å². The Balaban J connectivity index is 2.27. The summed E-state index contributed by atoms with van der Waals surface area (Å²) < 4.78 is 0. The number of carbonyl (C=O) groups is 1. The highest BCUT2D eigenvalue weighted by atomic mass is 16.1. The van der Waals surface area contributed by atoms with Crippen molar-refractivity contribution < 1.29 is 4.79 Å². The number of aryl methyl sites for hydroxylation is 1. The summed E-state index contributed by atoms with van der Waals surface area (Å²) in [6.45, 7) is 3.98. The van der Waals surface area contributed by atoms with Crippen LogP contribution < -0.4 is 5.73 Å². The lowest BCUT2D eigenvalue weighted by molar-refractivity contribution is -0.123. The van der Waals surface area contributed by atoms with Gasteiger partial charge in [-0.05, 0) is 36.8 Å². The van der Waals surface area contributed by atoms with Gasteiger partial charge in [-0.25, -0.2) is 0 Å². The number of fused-ring (bicyclic) bond motifs is 1. The Morgan fingerprint density at radius 2 is 2.29 bits per heavy atom. The van der Waals surface area contributed by atoms with E-state index in [4.69, 9.17) is 5.73 Å². The van der Waals surface area contributed by atoms with Crippen molar-refractivity contribution in [3.8, 4) is 0 Å². The third kappa shape index (κ3) is 2.39. The van der Waals surface area contributed by atoms with E-state index in [2.05, 4.69) is 11.1 Å². The first-order valence-electron chi connectivity index (χ1n) is 6.34. The Hall–Kier alpha value is -1.22. The fourth-order valence-electron chi connectivity index (χ4n) is 2.45. The average molecular weight is 232 g/mol. The highest BCUT2D eigenvalue weighted by molar-refractivity contribution is 5.90. The summed E-state index contributed by atoms with van der Waals surface area (Å²) in [6.07, 6.45) is 4.75. The number of carbonyl (C=O) groups excluding carboxylic acids is 1. The van der Waals surface area contributed by atoms with Crippen LogP contribution in [0.3, 0.4) is 0 Å². The van der Waals surface area contributed by atoms with Gasteiger partial charge in [-0.3, -0.25) is 9.78 Å². The number of aromatic nitrogens is 1. The number of pyridine rings is 1. The molecule has 0 fully saturated rings. The summed E-state index contributed by atoms with van der Waals surface area (Å²) in [6, 6.07) is 3.64. The first-order valence-corrected chi connectivity index (χ1v) is 6.34. The average Bonchev–Trinajstić information content (AvgIpc) is 2.36. The standard InChI is InChI=1S/C14H20N2O/c1-9(2)12(15)14(17)11-7-3-5-10-6-4-8-16-13(10)11/h4,6,8-9,11-12H,3,5,7,15H2,1-2H3. The van der Waals surface area contributed by atoms with E-state index in [-0.39, 0.29) is 23.7 Å². The molecule has 0 saturated carbocycles. The third-order valence-electron chi connectivity index (χ3n) is 3.59. The normalized spacial score (nSPS) is 21.1. The van der Waals surface area contributed by atoms with E-state index in [1.54, 1.807) is 6.20 Å². The Morgan fingerprint density at radius 1 is 1.53 bits per heavy atom. The minimum atomic E-state index is -0.368. The monoisotopic (exact) mass is 232 g/mol. The topological polar surface area (TPSA) is 56.0 Å². The first-order chi connectivity index (χ1) is 8.11. The van der Waals surface area contributed by atoms with Crippen LogP contribution >= 0.6 is 0 Å². The lowest BCUT2D eigenvalue weighted by Crippen LogP contribution is -2.40. The third-order valence-corrected chi connectivity index (χ3v) is 3.59. The predicted molar refractivity (Wildman–Crippen MR) is 67.7 cm³/mol. The number of hydrogen-bond acceptors (Lipinski definition) is 3. The molecule has 0 aliphatic heterocycles. The highest BCUT2D eigenvalue weighted by Gasteiger charge is 2.31. The number of ketones is 1. The van der Waals surface area contributed by atoms with E-state index in [9.17, 15) is 4.79 Å². The number of nitrogens with zero attached hydrogens (tertiary/aromatic N) is 1. The van der Waals surface area contributed by atoms with Gasteiger partial charge in [0.05, 0.1) is 17.7 Å². The fourth-order valence-corrected chi connectivity index (χ4v) is 2.45.